The molecular weight excluding hydrogens is 280 g/mol. The molecule has 4 heteroatoms. The molecule has 1 unspecified atom stereocenters. The Hall–Kier alpha value is -0.740. The smallest absolute Gasteiger partial charge is 0.0793 e. The van der Waals surface area contributed by atoms with Crippen LogP contribution in [0.15, 0.2) is 22.7 Å². The number of rotatable bonds is 5. The van der Waals surface area contributed by atoms with Crippen molar-refractivity contribution in [2.24, 2.45) is 5.92 Å². The second-order valence-corrected chi connectivity index (χ2v) is 6.04. The van der Waals surface area contributed by atoms with Gasteiger partial charge in [-0.3, -0.25) is 0 Å². The van der Waals surface area contributed by atoms with Gasteiger partial charge in [0, 0.05) is 22.4 Å². The second-order valence-electron chi connectivity index (χ2n) is 5.19. The minimum absolute atomic E-state index is 0.474. The van der Waals surface area contributed by atoms with E-state index in [0.29, 0.717) is 12.5 Å². The minimum atomic E-state index is -0.699. The minimum Gasteiger partial charge on any atom is -0.399 e. The molecule has 0 aliphatic rings. The number of benzene rings is 1. The zero-order valence-electron chi connectivity index (χ0n) is 10.6. The molecule has 1 atom stereocenters. The topological polar surface area (TPSA) is 58.3 Å². The molecular formula is C13H21BrN2O. The Morgan fingerprint density at radius 1 is 1.47 bits per heavy atom. The molecule has 0 spiro atoms. The lowest BCUT2D eigenvalue weighted by Gasteiger charge is -2.26. The van der Waals surface area contributed by atoms with E-state index >= 15 is 0 Å². The molecule has 96 valence electrons. The van der Waals surface area contributed by atoms with Crippen LogP contribution in [0.4, 0.5) is 11.4 Å². The summed E-state index contributed by atoms with van der Waals surface area (Å²) >= 11 is 3.44. The van der Waals surface area contributed by atoms with E-state index in [-0.39, 0.29) is 0 Å². The molecule has 0 aliphatic heterocycles. The summed E-state index contributed by atoms with van der Waals surface area (Å²) in [6.45, 7) is 6.58. The van der Waals surface area contributed by atoms with Gasteiger partial charge in [-0.25, -0.2) is 0 Å². The maximum absolute atomic E-state index is 10.2. The van der Waals surface area contributed by atoms with Crippen LogP contribution in [0, 0.1) is 5.92 Å². The van der Waals surface area contributed by atoms with Crippen LogP contribution in [-0.2, 0) is 0 Å². The summed E-state index contributed by atoms with van der Waals surface area (Å²) in [7, 11) is 0. The zero-order valence-corrected chi connectivity index (χ0v) is 12.2. The number of nitrogens with one attached hydrogen (secondary N) is 1. The third kappa shape index (κ3) is 4.96. The van der Waals surface area contributed by atoms with Crippen molar-refractivity contribution in [2.75, 3.05) is 17.6 Å². The first-order valence-electron chi connectivity index (χ1n) is 5.81. The highest BCUT2D eigenvalue weighted by molar-refractivity contribution is 9.10. The number of hydrogen-bond donors (Lipinski definition) is 3. The molecule has 1 aromatic carbocycles. The van der Waals surface area contributed by atoms with Crippen LogP contribution in [0.2, 0.25) is 0 Å². The molecule has 0 saturated carbocycles. The van der Waals surface area contributed by atoms with Crippen molar-refractivity contribution >= 4 is 27.3 Å². The molecule has 3 nitrogen and oxygen atoms in total. The Labute approximate surface area is 112 Å². The first-order valence-corrected chi connectivity index (χ1v) is 6.61. The summed E-state index contributed by atoms with van der Waals surface area (Å²) in [6.07, 6.45) is 0.770. The van der Waals surface area contributed by atoms with Crippen LogP contribution in [0.1, 0.15) is 27.2 Å². The second kappa shape index (κ2) is 5.74. The van der Waals surface area contributed by atoms with Crippen molar-refractivity contribution in [2.45, 2.75) is 32.8 Å². The fourth-order valence-corrected chi connectivity index (χ4v) is 2.45. The molecule has 0 bridgehead atoms. The lowest BCUT2D eigenvalue weighted by atomic mass is 9.94. The van der Waals surface area contributed by atoms with Gasteiger partial charge in [0.05, 0.1) is 5.60 Å². The van der Waals surface area contributed by atoms with E-state index in [1.165, 1.54) is 0 Å². The number of nitrogens with two attached hydrogens (primary N) is 1. The number of halogens is 1. The molecule has 0 fully saturated rings. The largest absolute Gasteiger partial charge is 0.399 e. The van der Waals surface area contributed by atoms with Crippen molar-refractivity contribution in [3.63, 3.8) is 0 Å². The molecule has 0 radical (unpaired) electrons. The average molecular weight is 301 g/mol. The Balaban J connectivity index is 2.61. The zero-order chi connectivity index (χ0) is 13.1. The Kier molecular flexibility index (Phi) is 4.83. The first kappa shape index (κ1) is 14.3. The van der Waals surface area contributed by atoms with Gasteiger partial charge in [-0.1, -0.05) is 13.8 Å². The van der Waals surface area contributed by atoms with Crippen LogP contribution in [0.25, 0.3) is 0 Å². The van der Waals surface area contributed by atoms with Crippen molar-refractivity contribution in [1.29, 1.82) is 0 Å². The van der Waals surface area contributed by atoms with Crippen LogP contribution in [0.5, 0.6) is 0 Å². The monoisotopic (exact) mass is 300 g/mol. The lowest BCUT2D eigenvalue weighted by Crippen LogP contribution is -2.34. The van der Waals surface area contributed by atoms with E-state index in [0.717, 1.165) is 22.3 Å². The number of nitrogen functional groups attached to an aromatic ring is 1. The third-order valence-electron chi connectivity index (χ3n) is 2.50. The molecule has 0 heterocycles. The highest BCUT2D eigenvalue weighted by Gasteiger charge is 2.21. The quantitative estimate of drug-likeness (QED) is 0.732. The Morgan fingerprint density at radius 2 is 2.12 bits per heavy atom. The predicted octanol–water partition coefficient (Wildman–Crippen LogP) is 3.24. The first-order chi connectivity index (χ1) is 7.80. The normalized spacial score (nSPS) is 14.7. The highest BCUT2D eigenvalue weighted by Crippen LogP contribution is 2.26. The van der Waals surface area contributed by atoms with Gasteiger partial charge in [-0.2, -0.15) is 0 Å². The van der Waals surface area contributed by atoms with E-state index in [1.54, 1.807) is 0 Å². The van der Waals surface area contributed by atoms with E-state index in [2.05, 4.69) is 35.1 Å². The van der Waals surface area contributed by atoms with E-state index < -0.39 is 5.60 Å². The van der Waals surface area contributed by atoms with Crippen LogP contribution in [0.3, 0.4) is 0 Å². The van der Waals surface area contributed by atoms with Crippen LogP contribution >= 0.6 is 15.9 Å². The lowest BCUT2D eigenvalue weighted by molar-refractivity contribution is 0.0515. The van der Waals surface area contributed by atoms with E-state index in [1.807, 2.05) is 25.1 Å². The van der Waals surface area contributed by atoms with Gasteiger partial charge in [0.25, 0.3) is 0 Å². The molecule has 17 heavy (non-hydrogen) atoms. The molecule has 1 aromatic rings. The van der Waals surface area contributed by atoms with Crippen LogP contribution < -0.4 is 11.1 Å². The molecule has 0 aromatic heterocycles. The van der Waals surface area contributed by atoms with Gasteiger partial charge in [0.15, 0.2) is 0 Å². The number of anilines is 2. The summed E-state index contributed by atoms with van der Waals surface area (Å²) in [6, 6.07) is 5.59. The highest BCUT2D eigenvalue weighted by atomic mass is 79.9. The number of aliphatic hydroxyl groups is 1. The summed E-state index contributed by atoms with van der Waals surface area (Å²) < 4.78 is 0.915. The molecule has 4 N–H and O–H groups in total. The fourth-order valence-electron chi connectivity index (χ4n) is 1.91. The Morgan fingerprint density at radius 3 is 2.65 bits per heavy atom. The average Bonchev–Trinajstić information content (AvgIpc) is 2.14. The third-order valence-corrected chi connectivity index (χ3v) is 3.16. The maximum Gasteiger partial charge on any atom is 0.0793 e. The van der Waals surface area contributed by atoms with Gasteiger partial charge in [0.2, 0.25) is 0 Å². The molecule has 0 amide bonds. The molecule has 0 saturated heterocycles. The van der Waals surface area contributed by atoms with Gasteiger partial charge in [0.1, 0.15) is 0 Å². The van der Waals surface area contributed by atoms with Gasteiger partial charge >= 0.3 is 0 Å². The van der Waals surface area contributed by atoms with Crippen molar-refractivity contribution in [3.05, 3.63) is 22.7 Å². The maximum atomic E-state index is 10.2. The van der Waals surface area contributed by atoms with E-state index in [4.69, 9.17) is 5.73 Å². The van der Waals surface area contributed by atoms with Crippen molar-refractivity contribution in [1.82, 2.24) is 0 Å². The summed E-state index contributed by atoms with van der Waals surface area (Å²) in [5.74, 6) is 0.474. The summed E-state index contributed by atoms with van der Waals surface area (Å²) in [5, 5.41) is 13.4. The number of hydrogen-bond acceptors (Lipinski definition) is 3. The predicted molar refractivity (Wildman–Crippen MR) is 77.1 cm³/mol. The molecule has 0 aliphatic carbocycles. The van der Waals surface area contributed by atoms with Gasteiger partial charge in [-0.15, -0.1) is 0 Å². The van der Waals surface area contributed by atoms with Crippen LogP contribution in [-0.4, -0.2) is 17.3 Å². The summed E-state index contributed by atoms with van der Waals surface area (Å²) in [4.78, 5) is 0. The molecule has 1 rings (SSSR count). The van der Waals surface area contributed by atoms with Gasteiger partial charge in [-0.05, 0) is 53.4 Å². The SMILES string of the molecule is CC(C)CC(C)(O)CNc1ccc(N)cc1Br. The Bertz CT molecular complexity index is 378. The summed E-state index contributed by atoms with van der Waals surface area (Å²) in [5.41, 5.74) is 6.64. The standard InChI is InChI=1S/C13H21BrN2O/c1-9(2)7-13(3,17)8-16-12-5-4-10(15)6-11(12)14/h4-6,9,16-17H,7-8,15H2,1-3H3. The van der Waals surface area contributed by atoms with E-state index in [9.17, 15) is 5.11 Å². The van der Waals surface area contributed by atoms with Crippen molar-refractivity contribution in [3.8, 4) is 0 Å². The van der Waals surface area contributed by atoms with Crippen molar-refractivity contribution < 1.29 is 5.11 Å². The fraction of sp³-hybridized carbons (Fsp3) is 0.538. The van der Waals surface area contributed by atoms with Gasteiger partial charge < -0.3 is 16.2 Å².